The van der Waals surface area contributed by atoms with Crippen LogP contribution in [-0.4, -0.2) is 16.5 Å². The van der Waals surface area contributed by atoms with Gasteiger partial charge in [0.15, 0.2) is 5.78 Å². The van der Waals surface area contributed by atoms with Gasteiger partial charge in [0.25, 0.3) is 0 Å². The SMILES string of the molecule is C[C@@H](C/C=C/C(=O)CCc1ccccc1Cl)CCCC(C)(C)O. The molecule has 0 saturated carbocycles. The molecular weight excluding hydrogens is 308 g/mol. The molecule has 2 nitrogen and oxygen atoms in total. The van der Waals surface area contributed by atoms with Crippen molar-refractivity contribution in [3.05, 3.63) is 47.0 Å². The number of ketones is 1. The molecule has 3 heteroatoms. The van der Waals surface area contributed by atoms with Gasteiger partial charge in [-0.05, 0) is 56.7 Å². The molecule has 0 saturated heterocycles. The summed E-state index contributed by atoms with van der Waals surface area (Å²) in [6, 6.07) is 7.65. The minimum Gasteiger partial charge on any atom is -0.390 e. The van der Waals surface area contributed by atoms with Crippen LogP contribution in [0.2, 0.25) is 5.02 Å². The molecule has 0 bridgehead atoms. The molecular formula is C20H29ClO2. The minimum absolute atomic E-state index is 0.147. The maximum atomic E-state index is 11.9. The third kappa shape index (κ3) is 9.58. The van der Waals surface area contributed by atoms with Crippen LogP contribution >= 0.6 is 11.6 Å². The lowest BCUT2D eigenvalue weighted by molar-refractivity contribution is -0.114. The first-order valence-electron chi connectivity index (χ1n) is 8.43. The fourth-order valence-electron chi connectivity index (χ4n) is 2.48. The summed E-state index contributed by atoms with van der Waals surface area (Å²) < 4.78 is 0. The van der Waals surface area contributed by atoms with Crippen molar-refractivity contribution >= 4 is 17.4 Å². The summed E-state index contributed by atoms with van der Waals surface area (Å²) >= 11 is 6.09. The second-order valence-corrected chi connectivity index (χ2v) is 7.41. The molecule has 1 atom stereocenters. The first kappa shape index (κ1) is 19.9. The molecule has 1 rings (SSSR count). The first-order valence-corrected chi connectivity index (χ1v) is 8.81. The van der Waals surface area contributed by atoms with E-state index in [1.54, 1.807) is 6.08 Å². The summed E-state index contributed by atoms with van der Waals surface area (Å²) in [6.07, 6.45) is 8.66. The lowest BCUT2D eigenvalue weighted by atomic mass is 9.95. The maximum absolute atomic E-state index is 11.9. The Kier molecular flexibility index (Phi) is 8.57. The molecule has 0 spiro atoms. The smallest absolute Gasteiger partial charge is 0.155 e. The molecule has 1 aromatic rings. The lowest BCUT2D eigenvalue weighted by Crippen LogP contribution is -2.18. The molecule has 0 fully saturated rings. The second-order valence-electron chi connectivity index (χ2n) is 7.01. The normalized spacial score (nSPS) is 13.4. The summed E-state index contributed by atoms with van der Waals surface area (Å²) in [7, 11) is 0. The van der Waals surface area contributed by atoms with Crippen LogP contribution in [0, 0.1) is 5.92 Å². The molecule has 0 aliphatic heterocycles. The lowest BCUT2D eigenvalue weighted by Gasteiger charge is -2.17. The Morgan fingerprint density at radius 2 is 2.04 bits per heavy atom. The van der Waals surface area contributed by atoms with E-state index < -0.39 is 5.60 Å². The number of halogens is 1. The Hall–Kier alpha value is -1.12. The van der Waals surface area contributed by atoms with Gasteiger partial charge in [-0.1, -0.05) is 55.6 Å². The fourth-order valence-corrected chi connectivity index (χ4v) is 2.71. The van der Waals surface area contributed by atoms with Crippen molar-refractivity contribution in [3.63, 3.8) is 0 Å². The van der Waals surface area contributed by atoms with Crippen LogP contribution in [0.5, 0.6) is 0 Å². The van der Waals surface area contributed by atoms with Gasteiger partial charge in [-0.2, -0.15) is 0 Å². The molecule has 1 aromatic carbocycles. The number of rotatable bonds is 10. The van der Waals surface area contributed by atoms with E-state index in [1.165, 1.54) is 0 Å². The molecule has 128 valence electrons. The largest absolute Gasteiger partial charge is 0.390 e. The summed E-state index contributed by atoms with van der Waals surface area (Å²) in [4.78, 5) is 11.9. The number of aliphatic hydroxyl groups is 1. The number of carbonyl (C=O) groups is 1. The Morgan fingerprint density at radius 1 is 1.35 bits per heavy atom. The van der Waals surface area contributed by atoms with E-state index in [-0.39, 0.29) is 5.78 Å². The van der Waals surface area contributed by atoms with Crippen molar-refractivity contribution in [3.8, 4) is 0 Å². The van der Waals surface area contributed by atoms with Crippen molar-refractivity contribution in [1.82, 2.24) is 0 Å². The number of benzene rings is 1. The molecule has 1 N–H and O–H groups in total. The quantitative estimate of drug-likeness (QED) is 0.583. The molecule has 0 heterocycles. The third-order valence-electron chi connectivity index (χ3n) is 3.93. The molecule has 0 aromatic heterocycles. The summed E-state index contributed by atoms with van der Waals surface area (Å²) in [5.41, 5.74) is 0.445. The van der Waals surface area contributed by atoms with Gasteiger partial charge in [0.1, 0.15) is 0 Å². The summed E-state index contributed by atoms with van der Waals surface area (Å²) in [5, 5.41) is 10.4. The zero-order chi connectivity index (χ0) is 17.3. The van der Waals surface area contributed by atoms with E-state index in [4.69, 9.17) is 11.6 Å². The first-order chi connectivity index (χ1) is 10.8. The van der Waals surface area contributed by atoms with Gasteiger partial charge < -0.3 is 5.11 Å². The average molecular weight is 337 g/mol. The number of hydrogen-bond acceptors (Lipinski definition) is 2. The Balaban J connectivity index is 2.23. The minimum atomic E-state index is -0.579. The number of hydrogen-bond donors (Lipinski definition) is 1. The Labute approximate surface area is 145 Å². The van der Waals surface area contributed by atoms with E-state index in [1.807, 2.05) is 44.2 Å². The third-order valence-corrected chi connectivity index (χ3v) is 4.30. The van der Waals surface area contributed by atoms with Gasteiger partial charge in [-0.3, -0.25) is 4.79 Å². The number of allylic oxidation sites excluding steroid dienone is 2. The van der Waals surface area contributed by atoms with Gasteiger partial charge >= 0.3 is 0 Å². The Morgan fingerprint density at radius 3 is 2.70 bits per heavy atom. The highest BCUT2D eigenvalue weighted by atomic mass is 35.5. The topological polar surface area (TPSA) is 37.3 Å². The van der Waals surface area contributed by atoms with Gasteiger partial charge in [0.05, 0.1) is 5.60 Å². The molecule has 0 aliphatic carbocycles. The second kappa shape index (κ2) is 9.89. The highest BCUT2D eigenvalue weighted by Crippen LogP contribution is 2.19. The van der Waals surface area contributed by atoms with Gasteiger partial charge in [0.2, 0.25) is 0 Å². The average Bonchev–Trinajstić information content (AvgIpc) is 2.45. The van der Waals surface area contributed by atoms with Crippen LogP contribution in [0.4, 0.5) is 0 Å². The van der Waals surface area contributed by atoms with Crippen LogP contribution in [0.1, 0.15) is 58.4 Å². The van der Waals surface area contributed by atoms with Crippen molar-refractivity contribution in [1.29, 1.82) is 0 Å². The highest BCUT2D eigenvalue weighted by Gasteiger charge is 2.12. The van der Waals surface area contributed by atoms with Crippen molar-refractivity contribution < 1.29 is 9.90 Å². The van der Waals surface area contributed by atoms with Crippen LogP contribution in [0.3, 0.4) is 0 Å². The van der Waals surface area contributed by atoms with E-state index in [0.717, 1.165) is 36.3 Å². The monoisotopic (exact) mass is 336 g/mol. The van der Waals surface area contributed by atoms with Gasteiger partial charge in [0, 0.05) is 11.4 Å². The molecule has 0 unspecified atom stereocenters. The van der Waals surface area contributed by atoms with Crippen LogP contribution in [-0.2, 0) is 11.2 Å². The number of carbonyl (C=O) groups excluding carboxylic acids is 1. The zero-order valence-electron chi connectivity index (χ0n) is 14.5. The van der Waals surface area contributed by atoms with E-state index in [2.05, 4.69) is 6.92 Å². The standard InChI is InChI=1S/C20H29ClO2/c1-16(9-7-15-20(2,3)23)8-6-11-18(22)14-13-17-10-4-5-12-19(17)21/h4-6,10-12,16,23H,7-9,13-15H2,1-3H3/b11-6+/t16-/m0/s1. The van der Waals surface area contributed by atoms with Crippen molar-refractivity contribution in [2.24, 2.45) is 5.92 Å². The van der Waals surface area contributed by atoms with Crippen LogP contribution in [0.25, 0.3) is 0 Å². The predicted octanol–water partition coefficient (Wildman–Crippen LogP) is 5.37. The van der Waals surface area contributed by atoms with E-state index in [0.29, 0.717) is 18.8 Å². The van der Waals surface area contributed by atoms with Gasteiger partial charge in [-0.25, -0.2) is 0 Å². The molecule has 23 heavy (non-hydrogen) atoms. The molecule has 0 aliphatic rings. The highest BCUT2D eigenvalue weighted by molar-refractivity contribution is 6.31. The molecule has 0 amide bonds. The maximum Gasteiger partial charge on any atom is 0.155 e. The fraction of sp³-hybridized carbons (Fsp3) is 0.550. The zero-order valence-corrected chi connectivity index (χ0v) is 15.3. The summed E-state index contributed by atoms with van der Waals surface area (Å²) in [5.74, 6) is 0.679. The summed E-state index contributed by atoms with van der Waals surface area (Å²) in [6.45, 7) is 5.87. The van der Waals surface area contributed by atoms with Crippen molar-refractivity contribution in [2.75, 3.05) is 0 Å². The van der Waals surface area contributed by atoms with Gasteiger partial charge in [-0.15, -0.1) is 0 Å². The van der Waals surface area contributed by atoms with E-state index >= 15 is 0 Å². The molecule has 0 radical (unpaired) electrons. The van der Waals surface area contributed by atoms with Crippen molar-refractivity contribution in [2.45, 2.75) is 64.9 Å². The van der Waals surface area contributed by atoms with E-state index in [9.17, 15) is 9.90 Å². The number of aryl methyl sites for hydroxylation is 1. The predicted molar refractivity (Wildman–Crippen MR) is 97.8 cm³/mol. The van der Waals surface area contributed by atoms with Crippen LogP contribution < -0.4 is 0 Å². The van der Waals surface area contributed by atoms with Crippen LogP contribution in [0.15, 0.2) is 36.4 Å². The Bertz CT molecular complexity index is 515.